The molecule has 1 fully saturated rings. The number of thioether (sulfide) groups is 1. The predicted octanol–water partition coefficient (Wildman–Crippen LogP) is 1.23. The zero-order valence-corrected chi connectivity index (χ0v) is 6.08. The summed E-state index contributed by atoms with van der Waals surface area (Å²) in [6.07, 6.45) is 2.54. The van der Waals surface area contributed by atoms with Crippen molar-refractivity contribution in [2.45, 2.75) is 31.1 Å². The van der Waals surface area contributed by atoms with Gasteiger partial charge in [-0.1, -0.05) is 6.92 Å². The number of hydrogen-bond donors (Lipinski definition) is 1. The van der Waals surface area contributed by atoms with Crippen LogP contribution in [0.3, 0.4) is 0 Å². The Bertz CT molecular complexity index is 56.9. The summed E-state index contributed by atoms with van der Waals surface area (Å²) in [5.74, 6) is 1.17. The van der Waals surface area contributed by atoms with Crippen molar-refractivity contribution in [2.75, 3.05) is 5.75 Å². The second-order valence-corrected chi connectivity index (χ2v) is 3.95. The van der Waals surface area contributed by atoms with Gasteiger partial charge in [0.2, 0.25) is 0 Å². The highest BCUT2D eigenvalue weighted by molar-refractivity contribution is 7.99. The summed E-state index contributed by atoms with van der Waals surface area (Å²) in [6, 6.07) is 0.483. The van der Waals surface area contributed by atoms with Crippen molar-refractivity contribution in [1.29, 1.82) is 0 Å². The van der Waals surface area contributed by atoms with E-state index in [2.05, 4.69) is 6.92 Å². The number of nitrogens with two attached hydrogens (primary N) is 1. The standard InChI is InChI=1S/C6H13NS/c1-5-2-3-6(7)4-8-5/h5-6H,2-4,7H2,1H3/t5-,6-/m1/s1. The van der Waals surface area contributed by atoms with E-state index in [1.807, 2.05) is 11.8 Å². The monoisotopic (exact) mass is 131 g/mol. The normalized spacial score (nSPS) is 39.8. The van der Waals surface area contributed by atoms with Crippen LogP contribution in [0.25, 0.3) is 0 Å². The van der Waals surface area contributed by atoms with Crippen LogP contribution in [0.1, 0.15) is 19.8 Å². The molecule has 0 unspecified atom stereocenters. The Morgan fingerprint density at radius 1 is 1.50 bits per heavy atom. The first-order valence-corrected chi connectivity index (χ1v) is 4.21. The van der Waals surface area contributed by atoms with Gasteiger partial charge in [-0.15, -0.1) is 0 Å². The average molecular weight is 131 g/mol. The molecular formula is C6H13NS. The summed E-state index contributed by atoms with van der Waals surface area (Å²) in [4.78, 5) is 0. The van der Waals surface area contributed by atoms with Crippen LogP contribution in [0.4, 0.5) is 0 Å². The lowest BCUT2D eigenvalue weighted by atomic mass is 10.1. The van der Waals surface area contributed by atoms with Crippen LogP contribution in [0.15, 0.2) is 0 Å². The van der Waals surface area contributed by atoms with E-state index in [0.29, 0.717) is 6.04 Å². The van der Waals surface area contributed by atoms with Gasteiger partial charge < -0.3 is 5.73 Å². The molecule has 0 aromatic heterocycles. The number of rotatable bonds is 0. The molecule has 0 aliphatic carbocycles. The van der Waals surface area contributed by atoms with Gasteiger partial charge in [0.15, 0.2) is 0 Å². The van der Waals surface area contributed by atoms with Crippen LogP contribution in [0, 0.1) is 0 Å². The van der Waals surface area contributed by atoms with E-state index in [9.17, 15) is 0 Å². The fraction of sp³-hybridized carbons (Fsp3) is 1.00. The zero-order chi connectivity index (χ0) is 5.98. The molecule has 1 heterocycles. The molecule has 2 atom stereocenters. The van der Waals surface area contributed by atoms with Crippen molar-refractivity contribution >= 4 is 11.8 Å². The minimum atomic E-state index is 0.483. The highest BCUT2D eigenvalue weighted by Crippen LogP contribution is 2.23. The molecule has 0 bridgehead atoms. The molecule has 1 rings (SSSR count). The lowest BCUT2D eigenvalue weighted by molar-refractivity contribution is 0.607. The average Bonchev–Trinajstić information content (AvgIpc) is 1.77. The van der Waals surface area contributed by atoms with Crippen LogP contribution in [0.2, 0.25) is 0 Å². The van der Waals surface area contributed by atoms with Gasteiger partial charge in [-0.05, 0) is 12.8 Å². The second kappa shape index (κ2) is 2.74. The molecular weight excluding hydrogens is 118 g/mol. The molecule has 1 saturated heterocycles. The molecule has 2 N–H and O–H groups in total. The third-order valence-corrected chi connectivity index (χ3v) is 2.96. The van der Waals surface area contributed by atoms with Crippen LogP contribution < -0.4 is 5.73 Å². The first-order valence-electron chi connectivity index (χ1n) is 3.16. The Hall–Kier alpha value is 0.310. The zero-order valence-electron chi connectivity index (χ0n) is 5.26. The van der Waals surface area contributed by atoms with E-state index in [1.165, 1.54) is 18.6 Å². The van der Waals surface area contributed by atoms with Crippen molar-refractivity contribution in [2.24, 2.45) is 5.73 Å². The van der Waals surface area contributed by atoms with Crippen molar-refractivity contribution < 1.29 is 0 Å². The minimum Gasteiger partial charge on any atom is -0.327 e. The summed E-state index contributed by atoms with van der Waals surface area (Å²) in [5.41, 5.74) is 5.68. The maximum atomic E-state index is 5.68. The van der Waals surface area contributed by atoms with Gasteiger partial charge in [0.25, 0.3) is 0 Å². The molecule has 1 aliphatic heterocycles. The third-order valence-electron chi connectivity index (χ3n) is 1.54. The van der Waals surface area contributed by atoms with Gasteiger partial charge in [0.1, 0.15) is 0 Å². The molecule has 0 aromatic carbocycles. The molecule has 0 spiro atoms. The van der Waals surface area contributed by atoms with Crippen molar-refractivity contribution in [1.82, 2.24) is 0 Å². The molecule has 1 aliphatic rings. The van der Waals surface area contributed by atoms with Crippen LogP contribution in [0.5, 0.6) is 0 Å². The molecule has 0 radical (unpaired) electrons. The lowest BCUT2D eigenvalue weighted by Crippen LogP contribution is -2.28. The Morgan fingerprint density at radius 3 is 2.62 bits per heavy atom. The number of hydrogen-bond acceptors (Lipinski definition) is 2. The minimum absolute atomic E-state index is 0.483. The molecule has 2 heteroatoms. The summed E-state index contributed by atoms with van der Waals surface area (Å²) in [5, 5.41) is 0.856. The van der Waals surface area contributed by atoms with Gasteiger partial charge in [0, 0.05) is 17.0 Å². The van der Waals surface area contributed by atoms with E-state index < -0.39 is 0 Å². The molecule has 0 saturated carbocycles. The van der Waals surface area contributed by atoms with Crippen molar-refractivity contribution in [3.63, 3.8) is 0 Å². The first-order chi connectivity index (χ1) is 3.79. The largest absolute Gasteiger partial charge is 0.327 e. The van der Waals surface area contributed by atoms with E-state index >= 15 is 0 Å². The van der Waals surface area contributed by atoms with Crippen molar-refractivity contribution in [3.8, 4) is 0 Å². The highest BCUT2D eigenvalue weighted by atomic mass is 32.2. The lowest BCUT2D eigenvalue weighted by Gasteiger charge is -2.21. The third kappa shape index (κ3) is 1.67. The summed E-state index contributed by atoms with van der Waals surface area (Å²) in [7, 11) is 0. The van der Waals surface area contributed by atoms with Crippen LogP contribution in [-0.4, -0.2) is 17.0 Å². The highest BCUT2D eigenvalue weighted by Gasteiger charge is 2.13. The van der Waals surface area contributed by atoms with Gasteiger partial charge in [-0.2, -0.15) is 11.8 Å². The SMILES string of the molecule is C[C@@H]1CC[C@@H](N)CS1. The van der Waals surface area contributed by atoms with E-state index in [1.54, 1.807) is 0 Å². The smallest absolute Gasteiger partial charge is 0.0130 e. The molecule has 0 amide bonds. The Balaban J connectivity index is 2.19. The summed E-state index contributed by atoms with van der Waals surface area (Å²) < 4.78 is 0. The second-order valence-electron chi connectivity index (χ2n) is 2.48. The fourth-order valence-electron chi connectivity index (χ4n) is 0.903. The Labute approximate surface area is 55.0 Å². The van der Waals surface area contributed by atoms with Crippen molar-refractivity contribution in [3.05, 3.63) is 0 Å². The van der Waals surface area contributed by atoms with Gasteiger partial charge in [-0.3, -0.25) is 0 Å². The molecule has 48 valence electrons. The van der Waals surface area contributed by atoms with E-state index in [0.717, 1.165) is 5.25 Å². The van der Waals surface area contributed by atoms with E-state index in [-0.39, 0.29) is 0 Å². The summed E-state index contributed by atoms with van der Waals surface area (Å²) >= 11 is 2.00. The van der Waals surface area contributed by atoms with Gasteiger partial charge in [-0.25, -0.2) is 0 Å². The summed E-state index contributed by atoms with van der Waals surface area (Å²) in [6.45, 7) is 2.27. The fourth-order valence-corrected chi connectivity index (χ4v) is 1.95. The van der Waals surface area contributed by atoms with Gasteiger partial charge >= 0.3 is 0 Å². The molecule has 1 nitrogen and oxygen atoms in total. The van der Waals surface area contributed by atoms with Crippen LogP contribution in [-0.2, 0) is 0 Å². The maximum absolute atomic E-state index is 5.68. The Kier molecular flexibility index (Phi) is 2.20. The van der Waals surface area contributed by atoms with E-state index in [4.69, 9.17) is 5.73 Å². The maximum Gasteiger partial charge on any atom is 0.0130 e. The Morgan fingerprint density at radius 2 is 2.25 bits per heavy atom. The first kappa shape index (κ1) is 6.43. The molecule has 8 heavy (non-hydrogen) atoms. The van der Waals surface area contributed by atoms with Gasteiger partial charge in [0.05, 0.1) is 0 Å². The predicted molar refractivity (Wildman–Crippen MR) is 39.1 cm³/mol. The van der Waals surface area contributed by atoms with Crippen LogP contribution >= 0.6 is 11.8 Å². The topological polar surface area (TPSA) is 26.0 Å². The quantitative estimate of drug-likeness (QED) is 0.535. The molecule has 0 aromatic rings.